The lowest BCUT2D eigenvalue weighted by Gasteiger charge is -2.20. The average molecular weight is 679 g/mol. The highest BCUT2D eigenvalue weighted by Crippen LogP contribution is 2.46. The van der Waals surface area contributed by atoms with E-state index in [1.54, 1.807) is 0 Å². The Bertz CT molecular complexity index is 1470. The van der Waals surface area contributed by atoms with Gasteiger partial charge in [0.2, 0.25) is 0 Å². The molecule has 0 atom stereocenters. The Balaban J connectivity index is 1.51. The molecule has 0 aliphatic carbocycles. The molecule has 0 aliphatic heterocycles. The quantitative estimate of drug-likeness (QED) is 0.0465. The highest BCUT2D eigenvalue weighted by Gasteiger charge is 2.20. The fourth-order valence-electron chi connectivity index (χ4n) is 7.10. The van der Waals surface area contributed by atoms with Gasteiger partial charge in [-0.2, -0.15) is 0 Å². The Morgan fingerprint density at radius 1 is 0.420 bits per heavy atom. The Hall–Kier alpha value is -3.66. The van der Waals surface area contributed by atoms with Gasteiger partial charge in [-0.05, 0) is 58.7 Å². The second-order valence-corrected chi connectivity index (χ2v) is 14.1. The van der Waals surface area contributed by atoms with Crippen molar-refractivity contribution < 1.29 is 19.1 Å². The third kappa shape index (κ3) is 12.3. The molecule has 0 radical (unpaired) electrons. The summed E-state index contributed by atoms with van der Waals surface area (Å²) in [5.41, 5.74) is 3.26. The SMILES string of the molecule is CCCCCCCCCCCCOc1ccc2cc(C=O)ccc2c1-c1c(OCCCCCCCCCCCC)ccc2cc(C=O)ccc12. The molecule has 0 bridgehead atoms. The molecule has 0 heterocycles. The number of fused-ring (bicyclic) bond motifs is 2. The predicted octanol–water partition coefficient (Wildman–Crippen LogP) is 13.9. The summed E-state index contributed by atoms with van der Waals surface area (Å²) in [4.78, 5) is 23.4. The van der Waals surface area contributed by atoms with Crippen LogP contribution in [0.5, 0.6) is 11.5 Å². The molecule has 0 aromatic heterocycles. The maximum Gasteiger partial charge on any atom is 0.150 e. The van der Waals surface area contributed by atoms with Crippen molar-refractivity contribution in [1.29, 1.82) is 0 Å². The molecule has 270 valence electrons. The van der Waals surface area contributed by atoms with Crippen molar-refractivity contribution in [2.75, 3.05) is 13.2 Å². The number of benzene rings is 4. The van der Waals surface area contributed by atoms with Crippen molar-refractivity contribution in [2.24, 2.45) is 0 Å². The molecule has 4 aromatic carbocycles. The summed E-state index contributed by atoms with van der Waals surface area (Å²) in [7, 11) is 0. The van der Waals surface area contributed by atoms with E-state index >= 15 is 0 Å². The number of hydrogen-bond acceptors (Lipinski definition) is 4. The molecule has 0 amide bonds. The Kier molecular flexibility index (Phi) is 18.0. The number of aldehydes is 2. The van der Waals surface area contributed by atoms with Crippen molar-refractivity contribution in [3.8, 4) is 22.6 Å². The minimum absolute atomic E-state index is 0.647. The van der Waals surface area contributed by atoms with Crippen LogP contribution in [0.25, 0.3) is 32.7 Å². The summed E-state index contributed by atoms with van der Waals surface area (Å²) < 4.78 is 13.2. The first-order valence-corrected chi connectivity index (χ1v) is 20.0. The monoisotopic (exact) mass is 678 g/mol. The van der Waals surface area contributed by atoms with Crippen molar-refractivity contribution in [3.05, 3.63) is 71.8 Å². The molecule has 4 nitrogen and oxygen atoms in total. The Morgan fingerprint density at radius 3 is 1.10 bits per heavy atom. The summed E-state index contributed by atoms with van der Waals surface area (Å²) in [6.07, 6.45) is 27.4. The lowest BCUT2D eigenvalue weighted by Crippen LogP contribution is -2.03. The highest BCUT2D eigenvalue weighted by molar-refractivity contribution is 6.11. The van der Waals surface area contributed by atoms with E-state index in [-0.39, 0.29) is 0 Å². The zero-order valence-corrected chi connectivity index (χ0v) is 31.1. The van der Waals surface area contributed by atoms with Crippen molar-refractivity contribution in [2.45, 2.75) is 142 Å². The van der Waals surface area contributed by atoms with Crippen LogP contribution in [-0.4, -0.2) is 25.8 Å². The third-order valence-corrected chi connectivity index (χ3v) is 10.0. The van der Waals surface area contributed by atoms with E-state index in [0.717, 1.165) is 82.4 Å². The number of rotatable bonds is 27. The van der Waals surface area contributed by atoms with Crippen LogP contribution in [0.4, 0.5) is 0 Å². The summed E-state index contributed by atoms with van der Waals surface area (Å²) in [6, 6.07) is 19.9. The zero-order chi connectivity index (χ0) is 35.2. The smallest absolute Gasteiger partial charge is 0.150 e. The summed E-state index contributed by atoms with van der Waals surface area (Å²) >= 11 is 0. The van der Waals surface area contributed by atoms with Crippen molar-refractivity contribution in [3.63, 3.8) is 0 Å². The van der Waals surface area contributed by atoms with Gasteiger partial charge in [-0.1, -0.05) is 166 Å². The minimum Gasteiger partial charge on any atom is -0.493 e. The minimum atomic E-state index is 0.647. The number of carbonyl (C=O) groups excluding carboxylic acids is 2. The number of hydrogen-bond donors (Lipinski definition) is 0. The molecule has 0 N–H and O–H groups in total. The lowest BCUT2D eigenvalue weighted by atomic mass is 9.91. The molecular formula is C46H62O4. The van der Waals surface area contributed by atoms with E-state index in [0.29, 0.717) is 24.3 Å². The summed E-state index contributed by atoms with van der Waals surface area (Å²) in [5, 5.41) is 4.01. The molecule has 0 saturated carbocycles. The van der Waals surface area contributed by atoms with Gasteiger partial charge in [0.05, 0.1) is 13.2 Å². The maximum absolute atomic E-state index is 11.7. The van der Waals surface area contributed by atoms with Crippen LogP contribution in [0.3, 0.4) is 0 Å². The molecule has 0 aliphatic rings. The molecule has 4 rings (SSSR count). The van der Waals surface area contributed by atoms with Gasteiger partial charge in [0, 0.05) is 22.3 Å². The van der Waals surface area contributed by atoms with E-state index in [2.05, 4.69) is 26.0 Å². The van der Waals surface area contributed by atoms with Crippen LogP contribution in [0, 0.1) is 0 Å². The number of ether oxygens (including phenoxy) is 2. The highest BCUT2D eigenvalue weighted by atomic mass is 16.5. The molecule has 4 aromatic rings. The van der Waals surface area contributed by atoms with E-state index in [4.69, 9.17) is 9.47 Å². The number of carbonyl (C=O) groups is 2. The van der Waals surface area contributed by atoms with Crippen LogP contribution < -0.4 is 9.47 Å². The largest absolute Gasteiger partial charge is 0.493 e. The van der Waals surface area contributed by atoms with E-state index in [1.807, 2.05) is 48.5 Å². The van der Waals surface area contributed by atoms with Gasteiger partial charge < -0.3 is 9.47 Å². The van der Waals surface area contributed by atoms with Crippen molar-refractivity contribution >= 4 is 34.1 Å². The topological polar surface area (TPSA) is 52.6 Å². The normalized spacial score (nSPS) is 11.3. The predicted molar refractivity (Wildman–Crippen MR) is 212 cm³/mol. The lowest BCUT2D eigenvalue weighted by molar-refractivity contribution is 0.111. The van der Waals surface area contributed by atoms with Crippen LogP contribution >= 0.6 is 0 Å². The standard InChI is InChI=1S/C46H62O4/c1-3-5-7-9-11-13-15-17-19-21-31-49-43-29-25-39-33-37(35-47)23-27-41(39)45(43)46-42-28-24-38(36-48)34-40(42)26-30-44(46)50-32-22-20-18-16-14-12-10-8-6-4-2/h23-30,33-36H,3-22,31-32H2,1-2H3. The molecule has 0 fully saturated rings. The van der Waals surface area contributed by atoms with Gasteiger partial charge in [0.15, 0.2) is 0 Å². The van der Waals surface area contributed by atoms with Crippen LogP contribution in [0.15, 0.2) is 60.7 Å². The first-order chi connectivity index (χ1) is 24.7. The average Bonchev–Trinajstić information content (AvgIpc) is 3.15. The molecule has 0 saturated heterocycles. The van der Waals surface area contributed by atoms with E-state index in [1.165, 1.54) is 103 Å². The Morgan fingerprint density at radius 2 is 0.760 bits per heavy atom. The Labute approximate surface area is 302 Å². The van der Waals surface area contributed by atoms with Crippen molar-refractivity contribution in [1.82, 2.24) is 0 Å². The van der Waals surface area contributed by atoms with Gasteiger partial charge in [0.1, 0.15) is 24.1 Å². The van der Waals surface area contributed by atoms with Gasteiger partial charge in [0.25, 0.3) is 0 Å². The van der Waals surface area contributed by atoms with E-state index in [9.17, 15) is 9.59 Å². The van der Waals surface area contributed by atoms with E-state index < -0.39 is 0 Å². The van der Waals surface area contributed by atoms with Gasteiger partial charge in [-0.15, -0.1) is 0 Å². The fraction of sp³-hybridized carbons (Fsp3) is 0.522. The summed E-state index contributed by atoms with van der Waals surface area (Å²) in [5.74, 6) is 1.64. The third-order valence-electron chi connectivity index (χ3n) is 10.0. The first-order valence-electron chi connectivity index (χ1n) is 20.0. The zero-order valence-electron chi connectivity index (χ0n) is 31.1. The van der Waals surface area contributed by atoms with Crippen LogP contribution in [0.2, 0.25) is 0 Å². The number of unbranched alkanes of at least 4 members (excludes halogenated alkanes) is 18. The second kappa shape index (κ2) is 22.9. The molecule has 4 heteroatoms. The molecule has 50 heavy (non-hydrogen) atoms. The van der Waals surface area contributed by atoms with Gasteiger partial charge >= 0.3 is 0 Å². The van der Waals surface area contributed by atoms with Crippen LogP contribution in [-0.2, 0) is 0 Å². The van der Waals surface area contributed by atoms with Gasteiger partial charge in [-0.25, -0.2) is 0 Å². The first kappa shape index (κ1) is 39.1. The van der Waals surface area contributed by atoms with Gasteiger partial charge in [-0.3, -0.25) is 9.59 Å². The molecular weight excluding hydrogens is 617 g/mol. The maximum atomic E-state index is 11.7. The fourth-order valence-corrected chi connectivity index (χ4v) is 7.10. The molecule has 0 unspecified atom stereocenters. The second-order valence-electron chi connectivity index (χ2n) is 14.1. The van der Waals surface area contributed by atoms with Crippen LogP contribution in [0.1, 0.15) is 163 Å². The summed E-state index contributed by atoms with van der Waals surface area (Å²) in [6.45, 7) is 5.84. The molecule has 0 spiro atoms.